The predicted octanol–water partition coefficient (Wildman–Crippen LogP) is 2.88. The van der Waals surface area contributed by atoms with Crippen LogP contribution in [0.3, 0.4) is 0 Å². The molecule has 106 valence electrons. The van der Waals surface area contributed by atoms with Crippen molar-refractivity contribution in [3.8, 4) is 11.1 Å². The maximum Gasteiger partial charge on any atom is 0.357 e. The highest BCUT2D eigenvalue weighted by atomic mass is 16.5. The van der Waals surface area contributed by atoms with Crippen LogP contribution in [0.2, 0.25) is 0 Å². The van der Waals surface area contributed by atoms with Crippen molar-refractivity contribution >= 4 is 11.6 Å². The Kier molecular flexibility index (Phi) is 3.39. The smallest absolute Gasteiger partial charge is 0.357 e. The molecule has 0 fully saturated rings. The van der Waals surface area contributed by atoms with Crippen LogP contribution in [0.25, 0.3) is 16.8 Å². The zero-order valence-corrected chi connectivity index (χ0v) is 11.9. The predicted molar refractivity (Wildman–Crippen MR) is 79.1 cm³/mol. The van der Waals surface area contributed by atoms with Crippen LogP contribution < -0.4 is 0 Å². The molecular formula is C16H15N3O2. The summed E-state index contributed by atoms with van der Waals surface area (Å²) in [6.45, 7) is 3.99. The zero-order chi connectivity index (χ0) is 14.8. The van der Waals surface area contributed by atoms with Crippen molar-refractivity contribution in [3.63, 3.8) is 0 Å². The molecule has 0 N–H and O–H groups in total. The Morgan fingerprint density at radius 2 is 2.05 bits per heavy atom. The van der Waals surface area contributed by atoms with Gasteiger partial charge in [-0.3, -0.25) is 0 Å². The summed E-state index contributed by atoms with van der Waals surface area (Å²) in [5.74, 6) is -0.414. The highest BCUT2D eigenvalue weighted by Crippen LogP contribution is 2.24. The number of nitrogens with zero attached hydrogens (tertiary/aromatic N) is 3. The van der Waals surface area contributed by atoms with E-state index in [0.717, 1.165) is 16.8 Å². The van der Waals surface area contributed by atoms with Crippen LogP contribution in [-0.2, 0) is 4.74 Å². The largest absolute Gasteiger partial charge is 0.461 e. The molecule has 3 rings (SSSR count). The maximum atomic E-state index is 11.9. The maximum absolute atomic E-state index is 11.9. The molecule has 0 aliphatic rings. The number of carbonyl (C=O) groups is 1. The number of carbonyl (C=O) groups excluding carboxylic acids is 1. The van der Waals surface area contributed by atoms with E-state index in [9.17, 15) is 4.79 Å². The van der Waals surface area contributed by atoms with Gasteiger partial charge in [0.05, 0.1) is 12.8 Å². The van der Waals surface area contributed by atoms with Gasteiger partial charge in [0.2, 0.25) is 0 Å². The van der Waals surface area contributed by atoms with E-state index in [-0.39, 0.29) is 0 Å². The van der Waals surface area contributed by atoms with Crippen molar-refractivity contribution in [2.24, 2.45) is 0 Å². The molecule has 5 heteroatoms. The van der Waals surface area contributed by atoms with Crippen molar-refractivity contribution in [1.29, 1.82) is 0 Å². The summed E-state index contributed by atoms with van der Waals surface area (Å²) in [4.78, 5) is 16.3. The number of hydrogen-bond acceptors (Lipinski definition) is 4. The second kappa shape index (κ2) is 5.36. The Bertz CT molecular complexity index is 794. The average molecular weight is 281 g/mol. The number of aryl methyl sites for hydroxylation is 1. The van der Waals surface area contributed by atoms with Crippen LogP contribution in [0.15, 0.2) is 42.6 Å². The zero-order valence-electron chi connectivity index (χ0n) is 11.9. The third kappa shape index (κ3) is 2.38. The third-order valence-electron chi connectivity index (χ3n) is 3.22. The molecule has 0 saturated heterocycles. The van der Waals surface area contributed by atoms with E-state index in [0.29, 0.717) is 17.9 Å². The van der Waals surface area contributed by atoms with Crippen LogP contribution in [-0.4, -0.2) is 27.2 Å². The van der Waals surface area contributed by atoms with Crippen molar-refractivity contribution in [2.75, 3.05) is 6.61 Å². The lowest BCUT2D eigenvalue weighted by Crippen LogP contribution is -2.10. The first-order valence-electron chi connectivity index (χ1n) is 6.78. The van der Waals surface area contributed by atoms with Crippen LogP contribution >= 0.6 is 0 Å². The van der Waals surface area contributed by atoms with Gasteiger partial charge in [-0.25, -0.2) is 14.3 Å². The lowest BCUT2D eigenvalue weighted by molar-refractivity contribution is 0.0519. The molecule has 2 aromatic heterocycles. The second-order valence-electron chi connectivity index (χ2n) is 4.66. The molecule has 5 nitrogen and oxygen atoms in total. The molecule has 0 aliphatic heterocycles. The van der Waals surface area contributed by atoms with Crippen LogP contribution in [0.5, 0.6) is 0 Å². The van der Waals surface area contributed by atoms with Gasteiger partial charge in [-0.15, -0.1) is 0 Å². The van der Waals surface area contributed by atoms with Gasteiger partial charge < -0.3 is 4.74 Å². The number of esters is 1. The lowest BCUT2D eigenvalue weighted by Gasteiger charge is -2.05. The second-order valence-corrected chi connectivity index (χ2v) is 4.66. The molecule has 0 atom stereocenters. The standard InChI is InChI=1S/C16H15N3O2/c1-3-21-16(20)14-9-11(2)19-15(18-14)13(10-17-19)12-7-5-4-6-8-12/h4-10H,3H2,1-2H3. The summed E-state index contributed by atoms with van der Waals surface area (Å²) in [5.41, 5.74) is 3.71. The molecule has 0 aliphatic carbocycles. The van der Waals surface area contributed by atoms with Gasteiger partial charge in [0.15, 0.2) is 11.3 Å². The number of rotatable bonds is 3. The van der Waals surface area contributed by atoms with Crippen molar-refractivity contribution in [1.82, 2.24) is 14.6 Å². The minimum Gasteiger partial charge on any atom is -0.461 e. The first-order valence-corrected chi connectivity index (χ1v) is 6.78. The molecule has 0 bridgehead atoms. The van der Waals surface area contributed by atoms with Gasteiger partial charge in [0, 0.05) is 11.3 Å². The number of aromatic nitrogens is 3. The molecule has 1 aromatic carbocycles. The minimum atomic E-state index is -0.414. The number of benzene rings is 1. The van der Waals surface area contributed by atoms with E-state index in [1.165, 1.54) is 0 Å². The van der Waals surface area contributed by atoms with Crippen molar-refractivity contribution < 1.29 is 9.53 Å². The highest BCUT2D eigenvalue weighted by molar-refractivity contribution is 5.89. The van der Waals surface area contributed by atoms with Gasteiger partial charge in [-0.05, 0) is 25.5 Å². The normalized spacial score (nSPS) is 10.8. The molecule has 0 radical (unpaired) electrons. The molecule has 2 heterocycles. The Labute approximate surface area is 122 Å². The lowest BCUT2D eigenvalue weighted by atomic mass is 10.1. The van der Waals surface area contributed by atoms with Crippen LogP contribution in [0.1, 0.15) is 23.1 Å². The van der Waals surface area contributed by atoms with E-state index in [4.69, 9.17) is 4.74 Å². The molecule has 21 heavy (non-hydrogen) atoms. The topological polar surface area (TPSA) is 56.5 Å². The molecule has 0 spiro atoms. The first kappa shape index (κ1) is 13.3. The minimum absolute atomic E-state index is 0.305. The van der Waals surface area contributed by atoms with E-state index in [2.05, 4.69) is 10.1 Å². The number of fused-ring (bicyclic) bond motifs is 1. The Balaban J connectivity index is 2.18. The van der Waals surface area contributed by atoms with Gasteiger partial charge in [-0.1, -0.05) is 30.3 Å². The summed E-state index contributed by atoms with van der Waals surface area (Å²) >= 11 is 0. The Morgan fingerprint density at radius 1 is 1.29 bits per heavy atom. The summed E-state index contributed by atoms with van der Waals surface area (Å²) in [7, 11) is 0. The van der Waals surface area contributed by atoms with E-state index in [1.54, 1.807) is 23.7 Å². The molecule has 0 saturated carbocycles. The Morgan fingerprint density at radius 3 is 2.76 bits per heavy atom. The summed E-state index contributed by atoms with van der Waals surface area (Å²) in [6, 6.07) is 11.5. The van der Waals surface area contributed by atoms with Crippen LogP contribution in [0.4, 0.5) is 0 Å². The van der Waals surface area contributed by atoms with Gasteiger partial charge in [0.1, 0.15) is 0 Å². The monoisotopic (exact) mass is 281 g/mol. The first-order chi connectivity index (χ1) is 10.2. The quantitative estimate of drug-likeness (QED) is 0.693. The summed E-state index contributed by atoms with van der Waals surface area (Å²) in [5, 5.41) is 4.34. The summed E-state index contributed by atoms with van der Waals surface area (Å²) in [6.07, 6.45) is 1.76. The molecule has 0 amide bonds. The summed E-state index contributed by atoms with van der Waals surface area (Å²) < 4.78 is 6.75. The van der Waals surface area contributed by atoms with Gasteiger partial charge >= 0.3 is 5.97 Å². The average Bonchev–Trinajstić information content (AvgIpc) is 2.93. The van der Waals surface area contributed by atoms with Gasteiger partial charge in [-0.2, -0.15) is 5.10 Å². The third-order valence-corrected chi connectivity index (χ3v) is 3.22. The van der Waals surface area contributed by atoms with Gasteiger partial charge in [0.25, 0.3) is 0 Å². The van der Waals surface area contributed by atoms with Crippen LogP contribution in [0, 0.1) is 6.92 Å². The molecule has 0 unspecified atom stereocenters. The fourth-order valence-electron chi connectivity index (χ4n) is 2.24. The van der Waals surface area contributed by atoms with E-state index >= 15 is 0 Å². The Hall–Kier alpha value is -2.69. The number of hydrogen-bond donors (Lipinski definition) is 0. The molecule has 3 aromatic rings. The van der Waals surface area contributed by atoms with E-state index in [1.807, 2.05) is 37.3 Å². The number of ether oxygens (including phenoxy) is 1. The fourth-order valence-corrected chi connectivity index (χ4v) is 2.24. The highest BCUT2D eigenvalue weighted by Gasteiger charge is 2.15. The molecular weight excluding hydrogens is 266 g/mol. The van der Waals surface area contributed by atoms with E-state index < -0.39 is 5.97 Å². The van der Waals surface area contributed by atoms with Crippen molar-refractivity contribution in [2.45, 2.75) is 13.8 Å². The fraction of sp³-hybridized carbons (Fsp3) is 0.188. The SMILES string of the molecule is CCOC(=O)c1cc(C)n2ncc(-c3ccccc3)c2n1. The van der Waals surface area contributed by atoms with Crippen molar-refractivity contribution in [3.05, 3.63) is 54.0 Å².